The van der Waals surface area contributed by atoms with Gasteiger partial charge in [-0.25, -0.2) is 13.4 Å². The van der Waals surface area contributed by atoms with E-state index in [2.05, 4.69) is 10.3 Å². The van der Waals surface area contributed by atoms with Crippen molar-refractivity contribution >= 4 is 21.4 Å². The first-order chi connectivity index (χ1) is 12.5. The first-order valence-corrected chi connectivity index (χ1v) is 11.3. The average molecular weight is 396 g/mol. The average Bonchev–Trinajstić information content (AvgIpc) is 3.11. The minimum atomic E-state index is -3.09. The molecule has 0 saturated carbocycles. The molecule has 142 valence electrons. The lowest BCUT2D eigenvalue weighted by Crippen LogP contribution is -2.48. The molecule has 0 spiro atoms. The van der Waals surface area contributed by atoms with E-state index in [0.717, 1.165) is 41.6 Å². The number of aromatic nitrogens is 1. The third kappa shape index (κ3) is 4.62. The largest absolute Gasteiger partial charge is 0.497 e. The summed E-state index contributed by atoms with van der Waals surface area (Å²) in [4.78, 5) is 7.01. The second-order valence-corrected chi connectivity index (χ2v) is 9.38. The van der Waals surface area contributed by atoms with E-state index in [1.54, 1.807) is 22.8 Å². The Morgan fingerprint density at radius 2 is 2.00 bits per heavy atom. The summed E-state index contributed by atoms with van der Waals surface area (Å²) in [5.41, 5.74) is 2.00. The SMILES string of the molecule is CCCS(=O)(=O)N1CCN(Cc2nc(-c3cccc(OC)c3)cs2)CC1. The molecule has 0 radical (unpaired) electrons. The third-order valence-electron chi connectivity index (χ3n) is 4.46. The fourth-order valence-corrected chi connectivity index (χ4v) is 5.38. The maximum absolute atomic E-state index is 12.1. The summed E-state index contributed by atoms with van der Waals surface area (Å²) in [7, 11) is -1.43. The van der Waals surface area contributed by atoms with Crippen molar-refractivity contribution in [2.45, 2.75) is 19.9 Å². The van der Waals surface area contributed by atoms with Crippen LogP contribution in [-0.4, -0.2) is 61.6 Å². The Labute approximate surface area is 159 Å². The second kappa shape index (κ2) is 8.47. The Hall–Kier alpha value is -1.48. The van der Waals surface area contributed by atoms with Crippen LogP contribution in [0, 0.1) is 0 Å². The molecule has 1 aromatic carbocycles. The number of rotatable bonds is 7. The van der Waals surface area contributed by atoms with Crippen molar-refractivity contribution in [3.8, 4) is 17.0 Å². The van der Waals surface area contributed by atoms with E-state index in [-0.39, 0.29) is 5.75 Å². The van der Waals surface area contributed by atoms with Gasteiger partial charge in [0.1, 0.15) is 10.8 Å². The van der Waals surface area contributed by atoms with Gasteiger partial charge in [0, 0.05) is 37.1 Å². The van der Waals surface area contributed by atoms with Gasteiger partial charge >= 0.3 is 0 Å². The number of benzene rings is 1. The molecule has 2 aromatic rings. The predicted molar refractivity (Wildman–Crippen MR) is 105 cm³/mol. The molecule has 2 heterocycles. The van der Waals surface area contributed by atoms with Crippen molar-refractivity contribution in [3.05, 3.63) is 34.7 Å². The summed E-state index contributed by atoms with van der Waals surface area (Å²) in [5, 5.41) is 3.11. The topological polar surface area (TPSA) is 62.7 Å². The van der Waals surface area contributed by atoms with Crippen LogP contribution in [0.15, 0.2) is 29.6 Å². The van der Waals surface area contributed by atoms with Crippen molar-refractivity contribution < 1.29 is 13.2 Å². The van der Waals surface area contributed by atoms with E-state index >= 15 is 0 Å². The fraction of sp³-hybridized carbons (Fsp3) is 0.500. The minimum Gasteiger partial charge on any atom is -0.497 e. The highest BCUT2D eigenvalue weighted by molar-refractivity contribution is 7.89. The van der Waals surface area contributed by atoms with Gasteiger partial charge in [0.15, 0.2) is 0 Å². The molecule has 1 aromatic heterocycles. The maximum Gasteiger partial charge on any atom is 0.214 e. The first-order valence-electron chi connectivity index (χ1n) is 8.81. The smallest absolute Gasteiger partial charge is 0.214 e. The molecule has 0 amide bonds. The zero-order chi connectivity index (χ0) is 18.6. The first kappa shape index (κ1) is 19.3. The zero-order valence-electron chi connectivity index (χ0n) is 15.2. The lowest BCUT2D eigenvalue weighted by molar-refractivity contribution is 0.181. The van der Waals surface area contributed by atoms with Crippen molar-refractivity contribution in [2.75, 3.05) is 39.0 Å². The molecule has 8 heteroatoms. The number of piperazine rings is 1. The van der Waals surface area contributed by atoms with Crippen LogP contribution in [0.25, 0.3) is 11.3 Å². The Morgan fingerprint density at radius 3 is 2.69 bits per heavy atom. The van der Waals surface area contributed by atoms with Crippen LogP contribution in [0.1, 0.15) is 18.4 Å². The van der Waals surface area contributed by atoms with Gasteiger partial charge < -0.3 is 4.74 Å². The van der Waals surface area contributed by atoms with Crippen molar-refractivity contribution in [2.24, 2.45) is 0 Å². The summed E-state index contributed by atoms with van der Waals surface area (Å²) >= 11 is 1.64. The Bertz CT molecular complexity index is 828. The summed E-state index contributed by atoms with van der Waals surface area (Å²) in [6.45, 7) is 5.29. The zero-order valence-corrected chi connectivity index (χ0v) is 16.9. The highest BCUT2D eigenvalue weighted by Crippen LogP contribution is 2.26. The van der Waals surface area contributed by atoms with E-state index in [1.165, 1.54) is 0 Å². The van der Waals surface area contributed by atoms with Crippen LogP contribution < -0.4 is 4.74 Å². The Balaban J connectivity index is 1.59. The van der Waals surface area contributed by atoms with E-state index in [1.807, 2.05) is 31.2 Å². The van der Waals surface area contributed by atoms with Gasteiger partial charge in [0.25, 0.3) is 0 Å². The molecule has 0 bridgehead atoms. The molecule has 1 aliphatic heterocycles. The van der Waals surface area contributed by atoms with E-state index in [4.69, 9.17) is 9.72 Å². The number of ether oxygens (including phenoxy) is 1. The summed E-state index contributed by atoms with van der Waals surface area (Å²) in [5.74, 6) is 1.06. The third-order valence-corrected chi connectivity index (χ3v) is 7.37. The monoisotopic (exact) mass is 395 g/mol. The molecule has 6 nitrogen and oxygen atoms in total. The molecule has 0 atom stereocenters. The van der Waals surface area contributed by atoms with Gasteiger partial charge in [-0.2, -0.15) is 4.31 Å². The fourth-order valence-electron chi connectivity index (χ4n) is 3.04. The highest BCUT2D eigenvalue weighted by atomic mass is 32.2. The van der Waals surface area contributed by atoms with Gasteiger partial charge in [-0.1, -0.05) is 19.1 Å². The predicted octanol–water partition coefficient (Wildman–Crippen LogP) is 2.68. The molecule has 0 aliphatic carbocycles. The molecule has 0 N–H and O–H groups in total. The maximum atomic E-state index is 12.1. The van der Waals surface area contributed by atoms with Crippen LogP contribution in [0.4, 0.5) is 0 Å². The molecule has 0 unspecified atom stereocenters. The van der Waals surface area contributed by atoms with Gasteiger partial charge in [-0.05, 0) is 18.6 Å². The van der Waals surface area contributed by atoms with Crippen LogP contribution in [0.3, 0.4) is 0 Å². The molecule has 1 fully saturated rings. The van der Waals surface area contributed by atoms with Crippen molar-refractivity contribution in [1.29, 1.82) is 0 Å². The van der Waals surface area contributed by atoms with Crippen LogP contribution in [-0.2, 0) is 16.6 Å². The number of thiazole rings is 1. The second-order valence-electron chi connectivity index (χ2n) is 6.35. The molecule has 3 rings (SSSR count). The summed E-state index contributed by atoms with van der Waals surface area (Å²) < 4.78 is 31.2. The number of methoxy groups -OCH3 is 1. The van der Waals surface area contributed by atoms with Crippen molar-refractivity contribution in [1.82, 2.24) is 14.2 Å². The molecular formula is C18H25N3O3S2. The highest BCUT2D eigenvalue weighted by Gasteiger charge is 2.26. The standard InChI is InChI=1S/C18H25N3O3S2/c1-3-11-26(22,23)21-9-7-20(8-10-21)13-18-19-17(14-25-18)15-5-4-6-16(12-15)24-2/h4-6,12,14H,3,7-11,13H2,1-2H3. The molecule has 1 saturated heterocycles. The van der Waals surface area contributed by atoms with E-state index < -0.39 is 10.0 Å². The van der Waals surface area contributed by atoms with Gasteiger partial charge in [-0.3, -0.25) is 4.90 Å². The molecule has 1 aliphatic rings. The van der Waals surface area contributed by atoms with Gasteiger partial charge in [0.05, 0.1) is 25.1 Å². The van der Waals surface area contributed by atoms with Crippen LogP contribution in [0.5, 0.6) is 5.75 Å². The minimum absolute atomic E-state index is 0.239. The van der Waals surface area contributed by atoms with Crippen LogP contribution >= 0.6 is 11.3 Å². The molecular weight excluding hydrogens is 370 g/mol. The quantitative estimate of drug-likeness (QED) is 0.721. The number of sulfonamides is 1. The summed E-state index contributed by atoms with van der Waals surface area (Å²) in [6, 6.07) is 7.89. The number of nitrogens with zero attached hydrogens (tertiary/aromatic N) is 3. The van der Waals surface area contributed by atoms with Gasteiger partial charge in [0.2, 0.25) is 10.0 Å². The number of hydrogen-bond acceptors (Lipinski definition) is 6. The summed E-state index contributed by atoms with van der Waals surface area (Å²) in [6.07, 6.45) is 0.661. The Kier molecular flexibility index (Phi) is 6.29. The molecule has 26 heavy (non-hydrogen) atoms. The lowest BCUT2D eigenvalue weighted by atomic mass is 10.2. The Morgan fingerprint density at radius 1 is 1.23 bits per heavy atom. The van der Waals surface area contributed by atoms with Crippen molar-refractivity contribution in [3.63, 3.8) is 0 Å². The van der Waals surface area contributed by atoms with E-state index in [0.29, 0.717) is 19.5 Å². The van der Waals surface area contributed by atoms with Gasteiger partial charge in [-0.15, -0.1) is 11.3 Å². The van der Waals surface area contributed by atoms with E-state index in [9.17, 15) is 8.42 Å². The lowest BCUT2D eigenvalue weighted by Gasteiger charge is -2.33. The normalized spacial score (nSPS) is 16.7. The number of hydrogen-bond donors (Lipinski definition) is 0. The van der Waals surface area contributed by atoms with Crippen LogP contribution in [0.2, 0.25) is 0 Å².